The maximum absolute atomic E-state index is 6.33. The summed E-state index contributed by atoms with van der Waals surface area (Å²) in [6.45, 7) is 4.00. The summed E-state index contributed by atoms with van der Waals surface area (Å²) in [4.78, 5) is 2.49. The molecule has 0 spiro atoms. The zero-order valence-corrected chi connectivity index (χ0v) is 20.9. The van der Waals surface area contributed by atoms with Gasteiger partial charge in [-0.15, -0.1) is 0 Å². The minimum absolute atomic E-state index is 0.233. The number of hydrogen-bond acceptors (Lipinski definition) is 6. The van der Waals surface area contributed by atoms with E-state index in [2.05, 4.69) is 36.1 Å². The normalized spacial score (nSPS) is 15.6. The van der Waals surface area contributed by atoms with E-state index in [4.69, 9.17) is 23.4 Å². The monoisotopic (exact) mass is 473 g/mol. The Labute approximate surface area is 206 Å². The van der Waals surface area contributed by atoms with Crippen LogP contribution < -0.4 is 18.9 Å². The van der Waals surface area contributed by atoms with E-state index in [0.29, 0.717) is 0 Å². The third kappa shape index (κ3) is 4.08. The van der Waals surface area contributed by atoms with Crippen LogP contribution in [0.4, 0.5) is 0 Å². The molecular formula is C29H31NO5. The van der Waals surface area contributed by atoms with Gasteiger partial charge in [0, 0.05) is 24.5 Å². The van der Waals surface area contributed by atoms with Gasteiger partial charge in [0.1, 0.15) is 11.5 Å². The highest BCUT2D eigenvalue weighted by Crippen LogP contribution is 2.41. The topological polar surface area (TPSA) is 53.3 Å². The van der Waals surface area contributed by atoms with Crippen LogP contribution in [0, 0.1) is 0 Å². The molecule has 1 aliphatic rings. The SMILES string of the molecule is COc1cc2c(cc1OC)C(C)N(Cc1ccc(OC)c3oc(-c4ccccc4OC)cc13)CC2. The van der Waals surface area contributed by atoms with Gasteiger partial charge in [0.15, 0.2) is 22.8 Å². The molecule has 0 aliphatic carbocycles. The Morgan fingerprint density at radius 1 is 0.829 bits per heavy atom. The van der Waals surface area contributed by atoms with Gasteiger partial charge in [0.25, 0.3) is 0 Å². The van der Waals surface area contributed by atoms with E-state index in [1.54, 1.807) is 28.4 Å². The quantitative estimate of drug-likeness (QED) is 0.316. The number of furan rings is 1. The van der Waals surface area contributed by atoms with Crippen molar-refractivity contribution < 1.29 is 23.4 Å². The molecule has 1 unspecified atom stereocenters. The Hall–Kier alpha value is -3.64. The molecule has 6 nitrogen and oxygen atoms in total. The van der Waals surface area contributed by atoms with E-state index in [1.165, 1.54) is 16.7 Å². The van der Waals surface area contributed by atoms with Crippen molar-refractivity contribution in [2.24, 2.45) is 0 Å². The minimum Gasteiger partial charge on any atom is -0.496 e. The highest BCUT2D eigenvalue weighted by atomic mass is 16.5. The highest BCUT2D eigenvalue weighted by Gasteiger charge is 2.27. The Bertz CT molecular complexity index is 1360. The summed E-state index contributed by atoms with van der Waals surface area (Å²) >= 11 is 0. The number of hydrogen-bond donors (Lipinski definition) is 0. The molecule has 0 radical (unpaired) electrons. The molecule has 6 heteroatoms. The first-order valence-electron chi connectivity index (χ1n) is 11.8. The predicted molar refractivity (Wildman–Crippen MR) is 137 cm³/mol. The molecule has 182 valence electrons. The number of methoxy groups -OCH3 is 4. The lowest BCUT2D eigenvalue weighted by Crippen LogP contribution is -2.33. The molecule has 4 aromatic rings. The molecule has 0 saturated heterocycles. The van der Waals surface area contributed by atoms with Crippen LogP contribution in [0.1, 0.15) is 29.7 Å². The molecule has 2 heterocycles. The lowest BCUT2D eigenvalue weighted by Gasteiger charge is -2.36. The van der Waals surface area contributed by atoms with Gasteiger partial charge in [0.05, 0.1) is 34.0 Å². The zero-order valence-electron chi connectivity index (χ0n) is 20.9. The Morgan fingerprint density at radius 3 is 2.29 bits per heavy atom. The first-order chi connectivity index (χ1) is 17.1. The summed E-state index contributed by atoms with van der Waals surface area (Å²) in [6.07, 6.45) is 0.956. The van der Waals surface area contributed by atoms with E-state index in [0.717, 1.165) is 64.8 Å². The third-order valence-corrected chi connectivity index (χ3v) is 7.02. The molecule has 1 aliphatic heterocycles. The fourth-order valence-electron chi connectivity index (χ4n) is 5.07. The minimum atomic E-state index is 0.233. The largest absolute Gasteiger partial charge is 0.496 e. The van der Waals surface area contributed by atoms with E-state index < -0.39 is 0 Å². The molecule has 0 amide bonds. The van der Waals surface area contributed by atoms with Crippen LogP contribution in [0.3, 0.4) is 0 Å². The zero-order chi connectivity index (χ0) is 24.5. The molecular weight excluding hydrogens is 442 g/mol. The van der Waals surface area contributed by atoms with E-state index in [9.17, 15) is 0 Å². The summed E-state index contributed by atoms with van der Waals surface area (Å²) in [6, 6.07) is 18.6. The number of rotatable bonds is 7. The standard InChI is InChI=1S/C29H31NO5/c1-18-22-15-28(34-5)27(33-4)14-19(22)12-13-30(18)17-20-10-11-25(32-3)29-23(20)16-26(35-29)21-8-6-7-9-24(21)31-2/h6-11,14-16,18H,12-13,17H2,1-5H3. The van der Waals surface area contributed by atoms with Crippen LogP contribution in [-0.4, -0.2) is 39.9 Å². The summed E-state index contributed by atoms with van der Waals surface area (Å²) < 4.78 is 28.6. The van der Waals surface area contributed by atoms with E-state index in [1.807, 2.05) is 30.3 Å². The van der Waals surface area contributed by atoms with Crippen molar-refractivity contribution in [1.29, 1.82) is 0 Å². The van der Waals surface area contributed by atoms with Gasteiger partial charge >= 0.3 is 0 Å². The number of fused-ring (bicyclic) bond motifs is 2. The first kappa shape index (κ1) is 23.1. The van der Waals surface area contributed by atoms with Crippen molar-refractivity contribution in [3.63, 3.8) is 0 Å². The van der Waals surface area contributed by atoms with Crippen molar-refractivity contribution in [3.05, 3.63) is 71.3 Å². The van der Waals surface area contributed by atoms with E-state index in [-0.39, 0.29) is 6.04 Å². The molecule has 1 atom stereocenters. The van der Waals surface area contributed by atoms with Crippen molar-refractivity contribution in [3.8, 4) is 34.3 Å². The van der Waals surface area contributed by atoms with Gasteiger partial charge in [-0.25, -0.2) is 0 Å². The Balaban J connectivity index is 1.52. The maximum Gasteiger partial charge on any atom is 0.176 e. The fraction of sp³-hybridized carbons (Fsp3) is 0.310. The van der Waals surface area contributed by atoms with Crippen molar-refractivity contribution in [2.45, 2.75) is 25.9 Å². The molecule has 0 fully saturated rings. The summed E-state index contributed by atoms with van der Waals surface area (Å²) in [7, 11) is 6.71. The van der Waals surface area contributed by atoms with Crippen LogP contribution in [0.5, 0.6) is 23.0 Å². The molecule has 0 N–H and O–H groups in total. The van der Waals surface area contributed by atoms with Gasteiger partial charge in [-0.05, 0) is 66.4 Å². The van der Waals surface area contributed by atoms with Crippen molar-refractivity contribution in [1.82, 2.24) is 4.90 Å². The smallest absolute Gasteiger partial charge is 0.176 e. The summed E-state index contributed by atoms with van der Waals surface area (Å²) in [5.41, 5.74) is 5.46. The van der Waals surface area contributed by atoms with Crippen LogP contribution in [0.15, 0.2) is 59.0 Å². The lowest BCUT2D eigenvalue weighted by molar-refractivity contribution is 0.189. The Kier molecular flexibility index (Phi) is 6.31. The van der Waals surface area contributed by atoms with Gasteiger partial charge in [-0.3, -0.25) is 4.90 Å². The highest BCUT2D eigenvalue weighted by molar-refractivity contribution is 5.91. The number of benzene rings is 3. The van der Waals surface area contributed by atoms with Crippen LogP contribution in [-0.2, 0) is 13.0 Å². The predicted octanol–water partition coefficient (Wildman–Crippen LogP) is 6.25. The average Bonchev–Trinajstić information content (AvgIpc) is 3.35. The first-order valence-corrected chi connectivity index (χ1v) is 11.8. The molecule has 5 rings (SSSR count). The average molecular weight is 474 g/mol. The number of para-hydroxylation sites is 1. The van der Waals surface area contributed by atoms with Gasteiger partial charge in [0.2, 0.25) is 0 Å². The molecule has 3 aromatic carbocycles. The van der Waals surface area contributed by atoms with Gasteiger partial charge in [-0.2, -0.15) is 0 Å². The van der Waals surface area contributed by atoms with Gasteiger partial charge < -0.3 is 23.4 Å². The second kappa shape index (κ2) is 9.55. The number of ether oxygens (including phenoxy) is 4. The molecule has 0 saturated carbocycles. The van der Waals surface area contributed by atoms with Crippen molar-refractivity contribution >= 4 is 11.0 Å². The van der Waals surface area contributed by atoms with Crippen LogP contribution in [0.25, 0.3) is 22.3 Å². The van der Waals surface area contributed by atoms with E-state index >= 15 is 0 Å². The Morgan fingerprint density at radius 2 is 1.54 bits per heavy atom. The lowest BCUT2D eigenvalue weighted by atomic mass is 9.92. The molecule has 1 aromatic heterocycles. The molecule has 35 heavy (non-hydrogen) atoms. The van der Waals surface area contributed by atoms with Crippen LogP contribution >= 0.6 is 0 Å². The third-order valence-electron chi connectivity index (χ3n) is 7.02. The summed E-state index contributed by atoms with van der Waals surface area (Å²) in [5, 5.41) is 1.05. The molecule has 0 bridgehead atoms. The van der Waals surface area contributed by atoms with Crippen LogP contribution in [0.2, 0.25) is 0 Å². The summed E-state index contributed by atoms with van der Waals surface area (Å²) in [5.74, 6) is 3.81. The second-order valence-electron chi connectivity index (χ2n) is 8.78. The number of nitrogens with zero attached hydrogens (tertiary/aromatic N) is 1. The second-order valence-corrected chi connectivity index (χ2v) is 8.78. The van der Waals surface area contributed by atoms with Crippen molar-refractivity contribution in [2.75, 3.05) is 35.0 Å². The fourth-order valence-corrected chi connectivity index (χ4v) is 5.07. The maximum atomic E-state index is 6.33. The van der Waals surface area contributed by atoms with Gasteiger partial charge in [-0.1, -0.05) is 18.2 Å².